The number of methoxy groups -OCH3 is 1. The molecule has 1 atom stereocenters. The van der Waals surface area contributed by atoms with Crippen LogP contribution < -0.4 is 9.47 Å². The monoisotopic (exact) mass is 264 g/mol. The van der Waals surface area contributed by atoms with Crippen molar-refractivity contribution in [2.75, 3.05) is 20.3 Å². The Bertz CT molecular complexity index is 475. The van der Waals surface area contributed by atoms with Gasteiger partial charge in [0.05, 0.1) is 20.3 Å². The number of benzene rings is 1. The molecule has 19 heavy (non-hydrogen) atoms. The van der Waals surface area contributed by atoms with Crippen LogP contribution in [0, 0.1) is 0 Å². The molecule has 1 aromatic rings. The normalized spacial score (nSPS) is 18.7. The van der Waals surface area contributed by atoms with E-state index in [9.17, 15) is 4.79 Å². The molecule has 0 aliphatic carbocycles. The number of carboxylic acids is 1. The van der Waals surface area contributed by atoms with Gasteiger partial charge in [0, 0.05) is 12.5 Å². The molecule has 0 aromatic heterocycles. The van der Waals surface area contributed by atoms with Crippen molar-refractivity contribution in [1.29, 1.82) is 0 Å². The molecule has 1 N–H and O–H groups in total. The Morgan fingerprint density at radius 3 is 2.95 bits per heavy atom. The van der Waals surface area contributed by atoms with Crippen LogP contribution in [0.2, 0.25) is 0 Å². The van der Waals surface area contributed by atoms with Crippen LogP contribution in [-0.4, -0.2) is 37.5 Å². The van der Waals surface area contributed by atoms with Crippen LogP contribution in [0.4, 0.5) is 0 Å². The minimum Gasteiger partial charge on any atom is -0.493 e. The highest BCUT2D eigenvalue weighted by Gasteiger charge is 2.18. The lowest BCUT2D eigenvalue weighted by Crippen LogP contribution is -2.16. The first-order chi connectivity index (χ1) is 9.19. The van der Waals surface area contributed by atoms with E-state index in [1.165, 1.54) is 6.08 Å². The first-order valence-electron chi connectivity index (χ1n) is 6.02. The number of aliphatic carboxylic acids is 1. The van der Waals surface area contributed by atoms with Crippen molar-refractivity contribution in [2.45, 2.75) is 12.5 Å². The van der Waals surface area contributed by atoms with E-state index >= 15 is 0 Å². The minimum atomic E-state index is -0.984. The van der Waals surface area contributed by atoms with Crippen molar-refractivity contribution in [1.82, 2.24) is 0 Å². The molecular formula is C14H16O5. The SMILES string of the molecule is COc1cc(/C=C/C(=O)O)ccc1OC1CCOC1. The topological polar surface area (TPSA) is 65.0 Å². The van der Waals surface area contributed by atoms with Crippen molar-refractivity contribution in [3.63, 3.8) is 0 Å². The average Bonchev–Trinajstić information content (AvgIpc) is 2.90. The Labute approximate surface area is 111 Å². The van der Waals surface area contributed by atoms with Gasteiger partial charge in [-0.3, -0.25) is 0 Å². The summed E-state index contributed by atoms with van der Waals surface area (Å²) in [5.74, 6) is 0.243. The molecule has 0 radical (unpaired) electrons. The summed E-state index contributed by atoms with van der Waals surface area (Å²) in [5, 5.41) is 8.59. The molecule has 1 heterocycles. The van der Waals surface area contributed by atoms with E-state index in [4.69, 9.17) is 19.3 Å². The van der Waals surface area contributed by atoms with Gasteiger partial charge >= 0.3 is 5.97 Å². The van der Waals surface area contributed by atoms with E-state index in [-0.39, 0.29) is 6.10 Å². The van der Waals surface area contributed by atoms with Crippen LogP contribution >= 0.6 is 0 Å². The predicted molar refractivity (Wildman–Crippen MR) is 69.5 cm³/mol. The molecular weight excluding hydrogens is 248 g/mol. The van der Waals surface area contributed by atoms with Gasteiger partial charge in [0.15, 0.2) is 11.5 Å². The molecule has 5 heteroatoms. The van der Waals surface area contributed by atoms with Crippen molar-refractivity contribution in [3.8, 4) is 11.5 Å². The fourth-order valence-corrected chi connectivity index (χ4v) is 1.84. The summed E-state index contributed by atoms with van der Waals surface area (Å²) in [4.78, 5) is 10.5. The summed E-state index contributed by atoms with van der Waals surface area (Å²) >= 11 is 0. The molecule has 0 bridgehead atoms. The summed E-state index contributed by atoms with van der Waals surface area (Å²) in [5.41, 5.74) is 0.745. The van der Waals surface area contributed by atoms with Crippen LogP contribution in [0.25, 0.3) is 6.08 Å². The second-order valence-corrected chi connectivity index (χ2v) is 4.19. The lowest BCUT2D eigenvalue weighted by atomic mass is 10.2. The van der Waals surface area contributed by atoms with E-state index in [1.807, 2.05) is 0 Å². The Balaban J connectivity index is 2.13. The molecule has 1 aliphatic heterocycles. The number of rotatable bonds is 5. The first-order valence-corrected chi connectivity index (χ1v) is 6.02. The molecule has 5 nitrogen and oxygen atoms in total. The van der Waals surface area contributed by atoms with Gasteiger partial charge < -0.3 is 19.3 Å². The maximum atomic E-state index is 10.5. The van der Waals surface area contributed by atoms with Crippen LogP contribution in [0.1, 0.15) is 12.0 Å². The third-order valence-corrected chi connectivity index (χ3v) is 2.79. The summed E-state index contributed by atoms with van der Waals surface area (Å²) in [6.07, 6.45) is 3.51. The Hall–Kier alpha value is -2.01. The largest absolute Gasteiger partial charge is 0.493 e. The second kappa shape index (κ2) is 6.24. The quantitative estimate of drug-likeness (QED) is 0.823. The third kappa shape index (κ3) is 3.72. The number of carbonyl (C=O) groups is 1. The Morgan fingerprint density at radius 1 is 1.47 bits per heavy atom. The van der Waals surface area contributed by atoms with Gasteiger partial charge in [0.25, 0.3) is 0 Å². The zero-order chi connectivity index (χ0) is 13.7. The van der Waals surface area contributed by atoms with Crippen LogP contribution in [0.5, 0.6) is 11.5 Å². The molecule has 1 saturated heterocycles. The molecule has 0 saturated carbocycles. The molecule has 1 aromatic carbocycles. The minimum absolute atomic E-state index is 0.0503. The second-order valence-electron chi connectivity index (χ2n) is 4.19. The van der Waals surface area contributed by atoms with Gasteiger partial charge in [-0.25, -0.2) is 4.79 Å². The zero-order valence-corrected chi connectivity index (χ0v) is 10.7. The third-order valence-electron chi connectivity index (χ3n) is 2.79. The number of ether oxygens (including phenoxy) is 3. The number of hydrogen-bond acceptors (Lipinski definition) is 4. The molecule has 1 fully saturated rings. The summed E-state index contributed by atoms with van der Waals surface area (Å²) < 4.78 is 16.3. The molecule has 1 aliphatic rings. The van der Waals surface area contributed by atoms with E-state index in [0.29, 0.717) is 24.7 Å². The first kappa shape index (κ1) is 13.4. The van der Waals surface area contributed by atoms with E-state index in [1.54, 1.807) is 25.3 Å². The van der Waals surface area contributed by atoms with Crippen LogP contribution in [0.3, 0.4) is 0 Å². The van der Waals surface area contributed by atoms with Crippen LogP contribution in [-0.2, 0) is 9.53 Å². The molecule has 2 rings (SSSR count). The van der Waals surface area contributed by atoms with Crippen LogP contribution in [0.15, 0.2) is 24.3 Å². The van der Waals surface area contributed by atoms with Crippen molar-refractivity contribution >= 4 is 12.0 Å². The summed E-state index contributed by atoms with van der Waals surface area (Å²) in [7, 11) is 1.55. The highest BCUT2D eigenvalue weighted by Crippen LogP contribution is 2.30. The van der Waals surface area contributed by atoms with E-state index < -0.39 is 5.97 Å². The predicted octanol–water partition coefficient (Wildman–Crippen LogP) is 1.96. The Morgan fingerprint density at radius 2 is 2.32 bits per heavy atom. The van der Waals surface area contributed by atoms with Crippen molar-refractivity contribution in [2.24, 2.45) is 0 Å². The molecule has 1 unspecified atom stereocenters. The smallest absolute Gasteiger partial charge is 0.328 e. The fourth-order valence-electron chi connectivity index (χ4n) is 1.84. The van der Waals surface area contributed by atoms with E-state index in [0.717, 1.165) is 18.1 Å². The van der Waals surface area contributed by atoms with Gasteiger partial charge in [-0.1, -0.05) is 6.07 Å². The number of hydrogen-bond donors (Lipinski definition) is 1. The average molecular weight is 264 g/mol. The summed E-state index contributed by atoms with van der Waals surface area (Å²) in [6, 6.07) is 5.30. The molecule has 0 amide bonds. The lowest BCUT2D eigenvalue weighted by Gasteiger charge is -2.15. The zero-order valence-electron chi connectivity index (χ0n) is 10.7. The van der Waals surface area contributed by atoms with Gasteiger partial charge in [0.1, 0.15) is 6.10 Å². The number of carboxylic acid groups (broad SMARTS) is 1. The standard InChI is InChI=1S/C14H16O5/c1-17-13-8-10(3-5-14(15)16)2-4-12(13)19-11-6-7-18-9-11/h2-5,8,11H,6-7,9H2,1H3,(H,15,16)/b5-3+. The van der Waals surface area contributed by atoms with E-state index in [2.05, 4.69) is 0 Å². The van der Waals surface area contributed by atoms with Crippen molar-refractivity contribution < 1.29 is 24.1 Å². The molecule has 0 spiro atoms. The van der Waals surface area contributed by atoms with Gasteiger partial charge in [-0.15, -0.1) is 0 Å². The molecule has 102 valence electrons. The van der Waals surface area contributed by atoms with Gasteiger partial charge in [-0.2, -0.15) is 0 Å². The maximum Gasteiger partial charge on any atom is 0.328 e. The van der Waals surface area contributed by atoms with Gasteiger partial charge in [0.2, 0.25) is 0 Å². The van der Waals surface area contributed by atoms with Crippen molar-refractivity contribution in [3.05, 3.63) is 29.8 Å². The maximum absolute atomic E-state index is 10.5. The highest BCUT2D eigenvalue weighted by atomic mass is 16.6. The lowest BCUT2D eigenvalue weighted by molar-refractivity contribution is -0.131. The fraction of sp³-hybridized carbons (Fsp3) is 0.357. The summed E-state index contributed by atoms with van der Waals surface area (Å²) in [6.45, 7) is 1.30. The van der Waals surface area contributed by atoms with Gasteiger partial charge in [-0.05, 0) is 23.8 Å². The Kier molecular flexibility index (Phi) is 4.41. The highest BCUT2D eigenvalue weighted by molar-refractivity contribution is 5.85.